The number of rotatable bonds is 0. The van der Waals surface area contributed by atoms with Crippen molar-refractivity contribution in [2.24, 2.45) is 0 Å². The van der Waals surface area contributed by atoms with Crippen molar-refractivity contribution >= 4 is 5.97 Å². The Balaban J connectivity index is 1.86. The van der Waals surface area contributed by atoms with Gasteiger partial charge in [-0.25, -0.2) is 4.79 Å². The standard InChI is InChI=1S/C15H10O4/c1-9-6-7-12-13(8-9)18-15(17-12)11-5-3-2-4-10(11)14(16)19-15/h2-8H,1H3. The summed E-state index contributed by atoms with van der Waals surface area (Å²) in [6.07, 6.45) is 0. The fourth-order valence-corrected chi connectivity index (χ4v) is 2.40. The molecule has 2 aliphatic rings. The van der Waals surface area contributed by atoms with Crippen LogP contribution >= 0.6 is 0 Å². The van der Waals surface area contributed by atoms with Crippen molar-refractivity contribution in [3.8, 4) is 11.5 Å². The number of carbonyl (C=O) groups is 1. The molecule has 0 fully saturated rings. The van der Waals surface area contributed by atoms with Crippen LogP contribution in [0.5, 0.6) is 11.5 Å². The summed E-state index contributed by atoms with van der Waals surface area (Å²) in [5.74, 6) is -0.719. The zero-order valence-corrected chi connectivity index (χ0v) is 10.2. The first-order valence-electron chi connectivity index (χ1n) is 5.99. The number of ether oxygens (including phenoxy) is 3. The Kier molecular flexibility index (Phi) is 1.81. The molecule has 1 unspecified atom stereocenters. The molecule has 0 aromatic heterocycles. The molecule has 0 aliphatic carbocycles. The Morgan fingerprint density at radius 1 is 0.947 bits per heavy atom. The van der Waals surface area contributed by atoms with Crippen LogP contribution in [0.1, 0.15) is 21.5 Å². The van der Waals surface area contributed by atoms with E-state index in [2.05, 4.69) is 0 Å². The summed E-state index contributed by atoms with van der Waals surface area (Å²) in [7, 11) is 0. The highest BCUT2D eigenvalue weighted by Crippen LogP contribution is 2.48. The summed E-state index contributed by atoms with van der Waals surface area (Å²) < 4.78 is 16.8. The van der Waals surface area contributed by atoms with Crippen LogP contribution in [0, 0.1) is 6.92 Å². The van der Waals surface area contributed by atoms with E-state index in [0.717, 1.165) is 5.56 Å². The van der Waals surface area contributed by atoms with Crippen LogP contribution in [0.25, 0.3) is 0 Å². The second-order valence-electron chi connectivity index (χ2n) is 4.65. The third kappa shape index (κ3) is 1.31. The molecule has 4 heteroatoms. The zero-order valence-electron chi connectivity index (χ0n) is 10.2. The third-order valence-corrected chi connectivity index (χ3v) is 3.29. The summed E-state index contributed by atoms with van der Waals surface area (Å²) in [6, 6.07) is 12.7. The van der Waals surface area contributed by atoms with E-state index in [4.69, 9.17) is 14.2 Å². The van der Waals surface area contributed by atoms with Crippen LogP contribution in [-0.4, -0.2) is 5.97 Å². The van der Waals surface area contributed by atoms with Gasteiger partial charge in [0.1, 0.15) is 0 Å². The van der Waals surface area contributed by atoms with Crippen molar-refractivity contribution in [3.05, 3.63) is 59.2 Å². The Morgan fingerprint density at radius 2 is 1.74 bits per heavy atom. The topological polar surface area (TPSA) is 44.8 Å². The summed E-state index contributed by atoms with van der Waals surface area (Å²) in [5, 5.41) is 0. The maximum absolute atomic E-state index is 11.9. The molecule has 2 aliphatic heterocycles. The van der Waals surface area contributed by atoms with E-state index in [9.17, 15) is 4.79 Å². The van der Waals surface area contributed by atoms with Crippen molar-refractivity contribution in [3.63, 3.8) is 0 Å². The Hall–Kier alpha value is -2.49. The van der Waals surface area contributed by atoms with Gasteiger partial charge in [0.2, 0.25) is 0 Å². The highest BCUT2D eigenvalue weighted by molar-refractivity contribution is 5.94. The predicted octanol–water partition coefficient (Wildman–Crippen LogP) is 2.75. The van der Waals surface area contributed by atoms with Crippen molar-refractivity contribution < 1.29 is 19.0 Å². The van der Waals surface area contributed by atoms with Crippen molar-refractivity contribution in [2.45, 2.75) is 12.9 Å². The second kappa shape index (κ2) is 3.29. The minimum absolute atomic E-state index is 0.430. The molecule has 0 saturated heterocycles. The normalized spacial score (nSPS) is 22.5. The van der Waals surface area contributed by atoms with E-state index in [1.54, 1.807) is 18.2 Å². The van der Waals surface area contributed by atoms with E-state index >= 15 is 0 Å². The lowest BCUT2D eigenvalue weighted by Crippen LogP contribution is -2.35. The van der Waals surface area contributed by atoms with Gasteiger partial charge in [-0.2, -0.15) is 0 Å². The molecule has 94 valence electrons. The molecule has 2 aromatic carbocycles. The van der Waals surface area contributed by atoms with Crippen LogP contribution in [0.2, 0.25) is 0 Å². The molecule has 0 saturated carbocycles. The lowest BCUT2D eigenvalue weighted by Gasteiger charge is -2.20. The van der Waals surface area contributed by atoms with Gasteiger partial charge in [0.05, 0.1) is 11.1 Å². The van der Waals surface area contributed by atoms with Gasteiger partial charge in [0.25, 0.3) is 0 Å². The molecule has 4 nitrogen and oxygen atoms in total. The lowest BCUT2D eigenvalue weighted by molar-refractivity contribution is -0.250. The second-order valence-corrected chi connectivity index (χ2v) is 4.65. The number of aryl methyl sites for hydroxylation is 1. The highest BCUT2D eigenvalue weighted by atomic mass is 16.9. The molecule has 19 heavy (non-hydrogen) atoms. The molecule has 2 heterocycles. The Bertz CT molecular complexity index is 707. The smallest absolute Gasteiger partial charge is 0.413 e. The fourth-order valence-electron chi connectivity index (χ4n) is 2.40. The molecule has 0 amide bonds. The maximum atomic E-state index is 11.9. The summed E-state index contributed by atoms with van der Waals surface area (Å²) in [5.41, 5.74) is 2.14. The summed E-state index contributed by atoms with van der Waals surface area (Å²) >= 11 is 0. The van der Waals surface area contributed by atoms with Crippen molar-refractivity contribution in [1.82, 2.24) is 0 Å². The lowest BCUT2D eigenvalue weighted by atomic mass is 10.1. The van der Waals surface area contributed by atoms with Gasteiger partial charge >= 0.3 is 11.9 Å². The van der Waals surface area contributed by atoms with Crippen molar-refractivity contribution in [2.75, 3.05) is 0 Å². The summed E-state index contributed by atoms with van der Waals surface area (Å²) in [4.78, 5) is 11.9. The molecule has 1 spiro atoms. The minimum Gasteiger partial charge on any atom is -0.413 e. The van der Waals surface area contributed by atoms with Crippen LogP contribution in [0.4, 0.5) is 0 Å². The van der Waals surface area contributed by atoms with Gasteiger partial charge in [0, 0.05) is 0 Å². The average molecular weight is 254 g/mol. The van der Waals surface area contributed by atoms with E-state index in [-0.39, 0.29) is 0 Å². The first-order chi connectivity index (χ1) is 9.18. The Morgan fingerprint density at radius 3 is 2.63 bits per heavy atom. The van der Waals surface area contributed by atoms with E-state index in [1.165, 1.54) is 0 Å². The highest BCUT2D eigenvalue weighted by Gasteiger charge is 2.55. The van der Waals surface area contributed by atoms with Gasteiger partial charge in [-0.15, -0.1) is 0 Å². The largest absolute Gasteiger partial charge is 0.450 e. The molecule has 4 rings (SSSR count). The number of benzene rings is 2. The van der Waals surface area contributed by atoms with Crippen LogP contribution in [0.15, 0.2) is 42.5 Å². The maximum Gasteiger partial charge on any atom is 0.450 e. The summed E-state index contributed by atoms with van der Waals surface area (Å²) in [6.45, 7) is 1.96. The van der Waals surface area contributed by atoms with E-state index in [1.807, 2.05) is 31.2 Å². The zero-order chi connectivity index (χ0) is 13.0. The van der Waals surface area contributed by atoms with Crippen LogP contribution in [0.3, 0.4) is 0 Å². The van der Waals surface area contributed by atoms with E-state index in [0.29, 0.717) is 22.6 Å². The average Bonchev–Trinajstić information content (AvgIpc) is 2.89. The number of hydrogen-bond acceptors (Lipinski definition) is 4. The molecular formula is C15H10O4. The van der Waals surface area contributed by atoms with Gasteiger partial charge < -0.3 is 14.2 Å². The molecule has 0 N–H and O–H groups in total. The van der Waals surface area contributed by atoms with Crippen molar-refractivity contribution in [1.29, 1.82) is 0 Å². The minimum atomic E-state index is -1.45. The Labute approximate surface area is 109 Å². The SMILES string of the molecule is Cc1ccc2c(c1)OC1(OC(=O)c3ccccc31)O2. The molecule has 1 atom stereocenters. The van der Waals surface area contributed by atoms with Gasteiger partial charge in [-0.05, 0) is 36.8 Å². The molecular weight excluding hydrogens is 244 g/mol. The quantitative estimate of drug-likeness (QED) is 0.678. The fraction of sp³-hybridized carbons (Fsp3) is 0.133. The number of esters is 1. The molecule has 0 radical (unpaired) electrons. The first-order valence-corrected chi connectivity index (χ1v) is 5.99. The van der Waals surface area contributed by atoms with E-state index < -0.39 is 11.9 Å². The predicted molar refractivity (Wildman–Crippen MR) is 66.0 cm³/mol. The van der Waals surface area contributed by atoms with Crippen LogP contribution < -0.4 is 9.47 Å². The number of hydrogen-bond donors (Lipinski definition) is 0. The number of fused-ring (bicyclic) bond motifs is 3. The third-order valence-electron chi connectivity index (χ3n) is 3.29. The number of carbonyl (C=O) groups excluding carboxylic acids is 1. The van der Waals surface area contributed by atoms with Gasteiger partial charge in [-0.3, -0.25) is 0 Å². The van der Waals surface area contributed by atoms with Gasteiger partial charge in [-0.1, -0.05) is 18.2 Å². The van der Waals surface area contributed by atoms with Gasteiger partial charge in [0.15, 0.2) is 11.5 Å². The monoisotopic (exact) mass is 254 g/mol. The van der Waals surface area contributed by atoms with Crippen LogP contribution in [-0.2, 0) is 10.7 Å². The molecule has 0 bridgehead atoms. The first kappa shape index (κ1) is 10.4. The molecule has 2 aromatic rings.